The molecule has 148 valence electrons. The van der Waals surface area contributed by atoms with E-state index in [-0.39, 0.29) is 35.7 Å². The van der Waals surface area contributed by atoms with Gasteiger partial charge in [-0.3, -0.25) is 14.9 Å². The number of carbonyl (C=O) groups excluding carboxylic acids is 1. The summed E-state index contributed by atoms with van der Waals surface area (Å²) in [7, 11) is -2.61. The molecule has 27 heavy (non-hydrogen) atoms. The predicted octanol–water partition coefficient (Wildman–Crippen LogP) is 0.188. The number of nitro groups is 1. The number of benzene rings is 1. The highest BCUT2D eigenvalue weighted by Crippen LogP contribution is 2.30. The summed E-state index contributed by atoms with van der Waals surface area (Å²) < 4.78 is 31.8. The predicted molar refractivity (Wildman–Crippen MR) is 96.0 cm³/mol. The molecule has 2 fully saturated rings. The number of ether oxygens (including phenoxy) is 1. The van der Waals surface area contributed by atoms with Crippen LogP contribution in [0.15, 0.2) is 23.1 Å². The first kappa shape index (κ1) is 19.5. The first-order valence-corrected chi connectivity index (χ1v) is 10.1. The number of sulfonamides is 1. The molecular weight excluding hydrogens is 376 g/mol. The molecule has 2 saturated heterocycles. The quantitative estimate of drug-likeness (QED) is 0.555. The maximum Gasteiger partial charge on any atom is 0.312 e. The summed E-state index contributed by atoms with van der Waals surface area (Å²) in [4.78, 5) is 24.4. The van der Waals surface area contributed by atoms with Crippen molar-refractivity contribution >= 4 is 21.6 Å². The van der Waals surface area contributed by atoms with Gasteiger partial charge in [-0.1, -0.05) is 0 Å². The lowest BCUT2D eigenvalue weighted by molar-refractivity contribution is -0.386. The van der Waals surface area contributed by atoms with Gasteiger partial charge in [0.25, 0.3) is 0 Å². The van der Waals surface area contributed by atoms with Crippen molar-refractivity contribution in [2.24, 2.45) is 0 Å². The fraction of sp³-hybridized carbons (Fsp3) is 0.562. The molecular formula is C16H22N4O6S. The molecule has 1 N–H and O–H groups in total. The van der Waals surface area contributed by atoms with Crippen LogP contribution in [0.5, 0.6) is 5.75 Å². The molecule has 11 heteroatoms. The van der Waals surface area contributed by atoms with Crippen LogP contribution in [-0.4, -0.2) is 74.3 Å². The van der Waals surface area contributed by atoms with Gasteiger partial charge >= 0.3 is 5.69 Å². The zero-order chi connectivity index (χ0) is 19.6. The van der Waals surface area contributed by atoms with Crippen LogP contribution in [0, 0.1) is 10.1 Å². The van der Waals surface area contributed by atoms with E-state index >= 15 is 0 Å². The van der Waals surface area contributed by atoms with Crippen LogP contribution in [-0.2, 0) is 14.8 Å². The molecule has 0 saturated carbocycles. The molecule has 0 aromatic heterocycles. The van der Waals surface area contributed by atoms with E-state index in [4.69, 9.17) is 4.74 Å². The SMILES string of the molecule is COc1ccc(S(=O)(=O)N2CCN(C(=O)C3CCCN3)CC2)cc1[N+](=O)[O-]. The van der Waals surface area contributed by atoms with E-state index in [9.17, 15) is 23.3 Å². The van der Waals surface area contributed by atoms with Gasteiger partial charge < -0.3 is 15.0 Å². The Kier molecular flexibility index (Phi) is 5.63. The zero-order valence-corrected chi connectivity index (χ0v) is 15.8. The minimum absolute atomic E-state index is 0.00145. The van der Waals surface area contributed by atoms with Gasteiger partial charge in [-0.05, 0) is 31.5 Å². The minimum atomic E-state index is -3.89. The smallest absolute Gasteiger partial charge is 0.312 e. The molecule has 3 rings (SSSR count). The van der Waals surface area contributed by atoms with Crippen molar-refractivity contribution in [1.82, 2.24) is 14.5 Å². The van der Waals surface area contributed by atoms with E-state index < -0.39 is 20.6 Å². The summed E-state index contributed by atoms with van der Waals surface area (Å²) in [6, 6.07) is 3.39. The fourth-order valence-corrected chi connectivity index (χ4v) is 4.83. The van der Waals surface area contributed by atoms with Crippen LogP contribution in [0.2, 0.25) is 0 Å². The van der Waals surface area contributed by atoms with Gasteiger partial charge in [0, 0.05) is 32.2 Å². The van der Waals surface area contributed by atoms with Gasteiger partial charge in [0.1, 0.15) is 0 Å². The largest absolute Gasteiger partial charge is 0.490 e. The number of methoxy groups -OCH3 is 1. The lowest BCUT2D eigenvalue weighted by Crippen LogP contribution is -2.54. The van der Waals surface area contributed by atoms with E-state index in [1.54, 1.807) is 4.90 Å². The second-order valence-corrected chi connectivity index (χ2v) is 8.41. The molecule has 1 unspecified atom stereocenters. The van der Waals surface area contributed by atoms with Crippen molar-refractivity contribution in [3.63, 3.8) is 0 Å². The van der Waals surface area contributed by atoms with Crippen molar-refractivity contribution in [2.75, 3.05) is 39.8 Å². The van der Waals surface area contributed by atoms with E-state index in [0.29, 0.717) is 13.1 Å². The van der Waals surface area contributed by atoms with Gasteiger partial charge in [-0.2, -0.15) is 4.31 Å². The molecule has 1 aromatic carbocycles. The van der Waals surface area contributed by atoms with Crippen molar-refractivity contribution in [2.45, 2.75) is 23.8 Å². The molecule has 2 heterocycles. The van der Waals surface area contributed by atoms with Crippen molar-refractivity contribution in [3.8, 4) is 5.75 Å². The third-order valence-corrected chi connectivity index (χ3v) is 6.79. The Balaban J connectivity index is 1.72. The van der Waals surface area contributed by atoms with E-state index in [0.717, 1.165) is 25.5 Å². The molecule has 1 atom stereocenters. The Morgan fingerprint density at radius 1 is 1.30 bits per heavy atom. The Hall–Kier alpha value is -2.24. The van der Waals surface area contributed by atoms with Crippen LogP contribution in [0.4, 0.5) is 5.69 Å². The van der Waals surface area contributed by atoms with Gasteiger partial charge in [-0.25, -0.2) is 8.42 Å². The van der Waals surface area contributed by atoms with E-state index in [1.165, 1.54) is 23.5 Å². The number of rotatable bonds is 5. The highest BCUT2D eigenvalue weighted by atomic mass is 32.2. The Labute approximate surface area is 157 Å². The lowest BCUT2D eigenvalue weighted by Gasteiger charge is -2.35. The average Bonchev–Trinajstić information content (AvgIpc) is 3.21. The average molecular weight is 398 g/mol. The van der Waals surface area contributed by atoms with Crippen molar-refractivity contribution < 1.29 is 22.9 Å². The molecule has 1 amide bonds. The van der Waals surface area contributed by atoms with Gasteiger partial charge in [0.2, 0.25) is 15.9 Å². The minimum Gasteiger partial charge on any atom is -0.490 e. The number of carbonyl (C=O) groups is 1. The highest BCUT2D eigenvalue weighted by molar-refractivity contribution is 7.89. The summed E-state index contributed by atoms with van der Waals surface area (Å²) in [5.74, 6) is 0.00284. The van der Waals surface area contributed by atoms with Crippen LogP contribution in [0.1, 0.15) is 12.8 Å². The Bertz CT molecular complexity index is 829. The number of nitrogens with one attached hydrogen (secondary N) is 1. The number of nitro benzene ring substituents is 1. The number of hydrogen-bond acceptors (Lipinski definition) is 7. The van der Waals surface area contributed by atoms with Gasteiger partial charge in [-0.15, -0.1) is 0 Å². The summed E-state index contributed by atoms with van der Waals surface area (Å²) >= 11 is 0. The molecule has 2 aliphatic rings. The number of hydrogen-bond donors (Lipinski definition) is 1. The first-order chi connectivity index (χ1) is 12.8. The molecule has 2 aliphatic heterocycles. The van der Waals surface area contributed by atoms with Gasteiger partial charge in [0.15, 0.2) is 5.75 Å². The second kappa shape index (κ2) is 7.79. The maximum atomic E-state index is 12.8. The zero-order valence-electron chi connectivity index (χ0n) is 15.0. The molecule has 0 aliphatic carbocycles. The van der Waals surface area contributed by atoms with Crippen LogP contribution < -0.4 is 10.1 Å². The van der Waals surface area contributed by atoms with Crippen LogP contribution >= 0.6 is 0 Å². The lowest BCUT2D eigenvalue weighted by atomic mass is 10.2. The summed E-state index contributed by atoms with van der Waals surface area (Å²) in [5, 5.41) is 14.3. The fourth-order valence-electron chi connectivity index (χ4n) is 3.39. The monoisotopic (exact) mass is 398 g/mol. The molecule has 1 aromatic rings. The maximum absolute atomic E-state index is 12.8. The Morgan fingerprint density at radius 2 is 2.00 bits per heavy atom. The van der Waals surface area contributed by atoms with E-state index in [1.807, 2.05) is 0 Å². The number of piperazine rings is 1. The van der Waals surface area contributed by atoms with Crippen LogP contribution in [0.25, 0.3) is 0 Å². The topological polar surface area (TPSA) is 122 Å². The van der Waals surface area contributed by atoms with Crippen molar-refractivity contribution in [3.05, 3.63) is 28.3 Å². The molecule has 10 nitrogen and oxygen atoms in total. The second-order valence-electron chi connectivity index (χ2n) is 6.47. The highest BCUT2D eigenvalue weighted by Gasteiger charge is 2.34. The first-order valence-electron chi connectivity index (χ1n) is 8.69. The number of amides is 1. The van der Waals surface area contributed by atoms with E-state index in [2.05, 4.69) is 5.32 Å². The molecule has 0 radical (unpaired) electrons. The third-order valence-electron chi connectivity index (χ3n) is 4.89. The summed E-state index contributed by atoms with van der Waals surface area (Å²) in [5.41, 5.74) is -0.403. The summed E-state index contributed by atoms with van der Waals surface area (Å²) in [6.45, 7) is 1.73. The van der Waals surface area contributed by atoms with Gasteiger partial charge in [0.05, 0.1) is 23.0 Å². The normalized spacial score (nSPS) is 21.2. The van der Waals surface area contributed by atoms with Crippen molar-refractivity contribution in [1.29, 1.82) is 0 Å². The number of nitrogens with zero attached hydrogens (tertiary/aromatic N) is 3. The third kappa shape index (κ3) is 3.89. The Morgan fingerprint density at radius 3 is 2.56 bits per heavy atom. The summed E-state index contributed by atoms with van der Waals surface area (Å²) in [6.07, 6.45) is 1.76. The van der Waals surface area contributed by atoms with Crippen LogP contribution in [0.3, 0.4) is 0 Å². The molecule has 0 bridgehead atoms. The molecule has 0 spiro atoms. The standard InChI is InChI=1S/C16H22N4O6S/c1-26-15-5-4-12(11-14(15)20(22)23)27(24,25)19-9-7-18(8-10-19)16(21)13-3-2-6-17-13/h4-5,11,13,17H,2-3,6-10H2,1H3.